The molecule has 2 aromatic rings. The van der Waals surface area contributed by atoms with Gasteiger partial charge in [-0.05, 0) is 59.1 Å². The summed E-state index contributed by atoms with van der Waals surface area (Å²) in [5, 5.41) is 0. The highest BCUT2D eigenvalue weighted by Crippen LogP contribution is 2.55. The average Bonchev–Trinajstić information content (AvgIpc) is 3.51. The van der Waals surface area contributed by atoms with E-state index in [1.165, 1.54) is 13.2 Å². The van der Waals surface area contributed by atoms with E-state index in [4.69, 9.17) is 9.47 Å². The molecule has 2 heterocycles. The van der Waals surface area contributed by atoms with Gasteiger partial charge in [0.2, 0.25) is 4.90 Å². The highest BCUT2D eigenvalue weighted by Gasteiger charge is 2.47. The molecule has 1 aliphatic carbocycles. The van der Waals surface area contributed by atoms with Crippen LogP contribution < -0.4 is 9.46 Å². The molecule has 2 aliphatic heterocycles. The smallest absolute Gasteiger partial charge is 0.471 e. The summed E-state index contributed by atoms with van der Waals surface area (Å²) in [6.45, 7) is 0.0714. The fraction of sp³-hybridized carbons (Fsp3) is 0.440. The van der Waals surface area contributed by atoms with Crippen molar-refractivity contribution in [2.75, 3.05) is 31.5 Å². The Morgan fingerprint density at radius 2 is 2.03 bits per heavy atom. The third kappa shape index (κ3) is 4.96. The van der Waals surface area contributed by atoms with Gasteiger partial charge in [0.05, 0.1) is 13.7 Å². The number of esters is 1. The summed E-state index contributed by atoms with van der Waals surface area (Å²) < 4.78 is 90.4. The molecule has 0 spiro atoms. The Morgan fingerprint density at radius 1 is 1.26 bits per heavy atom. The number of fused-ring (bicyclic) bond motifs is 3. The van der Waals surface area contributed by atoms with Crippen LogP contribution in [-0.2, 0) is 30.6 Å². The van der Waals surface area contributed by atoms with Crippen LogP contribution in [0, 0.1) is 17.7 Å². The third-order valence-electron chi connectivity index (χ3n) is 7.23. The van der Waals surface area contributed by atoms with Gasteiger partial charge < -0.3 is 14.4 Å². The minimum Gasteiger partial charge on any atom is -0.492 e. The van der Waals surface area contributed by atoms with Gasteiger partial charge in [-0.2, -0.15) is 22.4 Å². The summed E-state index contributed by atoms with van der Waals surface area (Å²) in [5.74, 6) is -2.99. The molecule has 8 nitrogen and oxygen atoms in total. The molecule has 4 atom stereocenters. The largest absolute Gasteiger partial charge is 0.492 e. The van der Waals surface area contributed by atoms with Gasteiger partial charge >= 0.3 is 28.5 Å². The van der Waals surface area contributed by atoms with Gasteiger partial charge in [0.1, 0.15) is 22.8 Å². The van der Waals surface area contributed by atoms with E-state index in [0.717, 1.165) is 30.2 Å². The lowest BCUT2D eigenvalue weighted by molar-refractivity contribution is -0.184. The standard InChI is InChI=1S/C25H24F4N2O6S/c1-36-23(32)21-19(4-3-17-18-10-15(18)12-37-22(17)21)30-38(34,35)20-5-2-16(26)9-14(20)8-13-6-7-31(11-13)24(33)25(27,28)29/h2-5,9,13,15,18H,6-8,10-12H2,1H3,(H-,30,32,34,35)/p+1/t13-,15-,18-/m0/s1. The second kappa shape index (κ2) is 9.53. The number of amides is 1. The molecule has 5 rings (SSSR count). The number of methoxy groups -OCH3 is 1. The Balaban J connectivity index is 1.42. The zero-order valence-electron chi connectivity index (χ0n) is 20.2. The number of hydrogen-bond acceptors (Lipinski definition) is 5. The molecule has 0 bridgehead atoms. The maximum Gasteiger partial charge on any atom is 0.471 e. The quantitative estimate of drug-likeness (QED) is 0.310. The minimum atomic E-state index is -5.00. The molecule has 1 unspecified atom stereocenters. The summed E-state index contributed by atoms with van der Waals surface area (Å²) in [4.78, 5) is 24.7. The molecule has 38 heavy (non-hydrogen) atoms. The lowest BCUT2D eigenvalue weighted by Crippen LogP contribution is -2.39. The minimum absolute atomic E-state index is 0.0136. The summed E-state index contributed by atoms with van der Waals surface area (Å²) in [7, 11) is -2.96. The van der Waals surface area contributed by atoms with Crippen LogP contribution in [0.25, 0.3) is 0 Å². The maximum atomic E-state index is 14.2. The summed E-state index contributed by atoms with van der Waals surface area (Å²) >= 11 is 0. The van der Waals surface area contributed by atoms with Gasteiger partial charge in [-0.1, -0.05) is 6.07 Å². The van der Waals surface area contributed by atoms with E-state index in [9.17, 15) is 35.9 Å². The molecule has 0 radical (unpaired) electrons. The molecule has 1 amide bonds. The van der Waals surface area contributed by atoms with Crippen LogP contribution in [0.2, 0.25) is 0 Å². The molecule has 2 aromatic carbocycles. The van der Waals surface area contributed by atoms with Crippen molar-refractivity contribution in [1.29, 1.82) is 0 Å². The first-order valence-corrected chi connectivity index (χ1v) is 13.5. The van der Waals surface area contributed by atoms with Crippen LogP contribution in [-0.4, -0.2) is 54.3 Å². The van der Waals surface area contributed by atoms with E-state index >= 15 is 0 Å². The van der Waals surface area contributed by atoms with Crippen LogP contribution in [0.5, 0.6) is 5.75 Å². The Labute approximate surface area is 216 Å². The number of ether oxygens (including phenoxy) is 2. The van der Waals surface area contributed by atoms with Gasteiger partial charge in [0, 0.05) is 30.6 Å². The number of carbonyl (C=O) groups excluding carboxylic acids is 2. The lowest BCUT2D eigenvalue weighted by atomic mass is 9.98. The number of rotatable bonds is 6. The molecule has 13 heteroatoms. The molecule has 1 saturated heterocycles. The zero-order chi connectivity index (χ0) is 27.4. The Hall–Kier alpha value is -3.19. The third-order valence-corrected chi connectivity index (χ3v) is 8.73. The second-order valence-electron chi connectivity index (χ2n) is 9.80. The number of nitrogens with one attached hydrogen (secondary N) is 1. The fourth-order valence-electron chi connectivity index (χ4n) is 5.29. The van der Waals surface area contributed by atoms with Crippen molar-refractivity contribution in [2.45, 2.75) is 36.3 Å². The van der Waals surface area contributed by atoms with Crippen molar-refractivity contribution < 1.29 is 45.4 Å². The first kappa shape index (κ1) is 26.4. The van der Waals surface area contributed by atoms with E-state index in [1.807, 2.05) is 0 Å². The van der Waals surface area contributed by atoms with Crippen LogP contribution in [0.4, 0.5) is 23.2 Å². The Morgan fingerprint density at radius 3 is 2.74 bits per heavy atom. The Bertz CT molecular complexity index is 1350. The van der Waals surface area contributed by atoms with Crippen LogP contribution >= 0.6 is 0 Å². The number of nitrogens with zero attached hydrogens (tertiary/aromatic N) is 1. The normalized spacial score (nSPS) is 23.5. The van der Waals surface area contributed by atoms with Gasteiger partial charge in [-0.25, -0.2) is 9.18 Å². The number of carbonyl (C=O) groups is 2. The number of hydrogen-bond donors (Lipinski definition) is 2. The van der Waals surface area contributed by atoms with E-state index in [2.05, 4.69) is 4.72 Å². The molecule has 0 aromatic heterocycles. The van der Waals surface area contributed by atoms with Gasteiger partial charge in [-0.15, -0.1) is 0 Å². The number of alkyl halides is 3. The second-order valence-corrected chi connectivity index (χ2v) is 11.5. The highest BCUT2D eigenvalue weighted by molar-refractivity contribution is 7.99. The van der Waals surface area contributed by atoms with Crippen LogP contribution in [0.3, 0.4) is 0 Å². The number of likely N-dealkylation sites (tertiary alicyclic amines) is 1. The number of halogens is 4. The van der Waals surface area contributed by atoms with Crippen molar-refractivity contribution in [2.24, 2.45) is 11.8 Å². The van der Waals surface area contributed by atoms with Crippen molar-refractivity contribution in [1.82, 2.24) is 4.90 Å². The SMILES string of the molecule is COC(=O)c1c(N[S+](=O)(O)c2ccc(F)cc2C[C@@H]2CCN(C(=O)C(F)(F)F)C2)ccc2c1OC[C@@H]1C[C@H]21. The molecule has 3 aliphatic rings. The topological polar surface area (TPSA) is 105 Å². The van der Waals surface area contributed by atoms with Gasteiger partial charge in [-0.3, -0.25) is 4.79 Å². The monoisotopic (exact) mass is 557 g/mol. The number of anilines is 1. The molecule has 2 fully saturated rings. The van der Waals surface area contributed by atoms with Crippen molar-refractivity contribution >= 4 is 28.0 Å². The molecule has 204 valence electrons. The molecular formula is C25H25F4N2O6S+. The van der Waals surface area contributed by atoms with E-state index in [0.29, 0.717) is 17.4 Å². The van der Waals surface area contributed by atoms with Crippen molar-refractivity contribution in [3.63, 3.8) is 0 Å². The van der Waals surface area contributed by atoms with Crippen molar-refractivity contribution in [3.05, 3.63) is 52.8 Å². The fourth-order valence-corrected chi connectivity index (χ4v) is 6.62. The van der Waals surface area contributed by atoms with Gasteiger partial charge in [0.15, 0.2) is 0 Å². The molecule has 1 saturated carbocycles. The maximum absolute atomic E-state index is 14.2. The predicted octanol–water partition coefficient (Wildman–Crippen LogP) is 4.42. The van der Waals surface area contributed by atoms with Crippen LogP contribution in [0.1, 0.15) is 40.2 Å². The Kier molecular flexibility index (Phi) is 6.62. The predicted molar refractivity (Wildman–Crippen MR) is 128 cm³/mol. The summed E-state index contributed by atoms with van der Waals surface area (Å²) in [5.41, 5.74) is 0.877. The van der Waals surface area contributed by atoms with Crippen LogP contribution in [0.15, 0.2) is 35.2 Å². The number of benzene rings is 2. The first-order chi connectivity index (χ1) is 17.9. The molecule has 2 N–H and O–H groups in total. The highest BCUT2D eigenvalue weighted by atomic mass is 32.3. The molecular weight excluding hydrogens is 532 g/mol. The zero-order valence-corrected chi connectivity index (χ0v) is 21.0. The van der Waals surface area contributed by atoms with E-state index in [-0.39, 0.29) is 59.3 Å². The van der Waals surface area contributed by atoms with E-state index < -0.39 is 40.2 Å². The summed E-state index contributed by atoms with van der Waals surface area (Å²) in [6.07, 6.45) is -3.90. The first-order valence-electron chi connectivity index (χ1n) is 12.0. The summed E-state index contributed by atoms with van der Waals surface area (Å²) in [6, 6.07) is 6.38. The van der Waals surface area contributed by atoms with E-state index in [1.54, 1.807) is 6.07 Å². The van der Waals surface area contributed by atoms with Gasteiger partial charge in [0.25, 0.3) is 0 Å². The lowest BCUT2D eigenvalue weighted by Gasteiger charge is -2.21. The average molecular weight is 558 g/mol. The van der Waals surface area contributed by atoms with Crippen molar-refractivity contribution in [3.8, 4) is 5.75 Å².